The second-order valence-electron chi connectivity index (χ2n) is 18.0. The first kappa shape index (κ1) is 65.0. The number of anilines is 6. The van der Waals surface area contributed by atoms with Crippen LogP contribution in [0.25, 0.3) is 31.7 Å². The van der Waals surface area contributed by atoms with Crippen LogP contribution >= 0.6 is 68.6 Å². The Hall–Kier alpha value is -8.01. The van der Waals surface area contributed by atoms with Crippen molar-refractivity contribution in [3.63, 3.8) is 0 Å². The molecule has 3 atom stereocenters. The first-order valence-electron chi connectivity index (χ1n) is 24.7. The van der Waals surface area contributed by atoms with Crippen LogP contribution in [0.4, 0.5) is 58.4 Å². The van der Waals surface area contributed by atoms with Gasteiger partial charge in [0.25, 0.3) is 17.7 Å². The fourth-order valence-electron chi connectivity index (χ4n) is 7.17. The Morgan fingerprint density at radius 3 is 1.17 bits per heavy atom. The Morgan fingerprint density at radius 2 is 0.885 bits per heavy atom. The number of aliphatic hydroxyl groups excluding tert-OH is 4. The van der Waals surface area contributed by atoms with E-state index in [-0.39, 0.29) is 111 Å². The number of nitrogens with zero attached hydrogens (tertiary/aromatic N) is 6. The second kappa shape index (κ2) is 29.1. The standard InChI is InChI=1S/C19H18F2N4O4S2.2C16H14F2N4O4S2/c1-19(2)28-8-9(29-19)7-27-18-12(6-23-31-18)24-16(26)14-15(22)30-17(25-14)13-10(20)4-3-5-11(13)21;2*17-8-2-1-3-9(18)11(8)15-22-12(13(19)27-15)14(25)21-10-4-20-28-16(10)26-6-7(24)5-23/h3-6,9H,7-8,22H2,1-2H3,(H,24,26);2*1-4,7,23-24H,5-6,19H2,(H,21,25). The van der Waals surface area contributed by atoms with Gasteiger partial charge in [0.05, 0.1) is 55.1 Å². The highest BCUT2D eigenvalue weighted by Gasteiger charge is 2.34. The number of hydrogen-bond acceptors (Lipinski definition) is 27. The van der Waals surface area contributed by atoms with E-state index in [2.05, 4.69) is 44.0 Å². The van der Waals surface area contributed by atoms with Gasteiger partial charge in [-0.25, -0.2) is 41.3 Å². The molecule has 1 saturated heterocycles. The number of aromatic nitrogens is 6. The average molecular weight is 1330 g/mol. The van der Waals surface area contributed by atoms with Crippen LogP contribution in [0.2, 0.25) is 0 Å². The summed E-state index contributed by atoms with van der Waals surface area (Å²) in [5, 5.41) is 44.5. The predicted molar refractivity (Wildman–Crippen MR) is 313 cm³/mol. The summed E-state index contributed by atoms with van der Waals surface area (Å²) in [6, 6.07) is 10.2. The summed E-state index contributed by atoms with van der Waals surface area (Å²) in [4.78, 5) is 49.7. The van der Waals surface area contributed by atoms with Gasteiger partial charge in [0.1, 0.15) is 120 Å². The lowest BCUT2D eigenvalue weighted by Crippen LogP contribution is -2.25. The smallest absolute Gasteiger partial charge is 0.277 e. The van der Waals surface area contributed by atoms with Crippen molar-refractivity contribution in [1.29, 1.82) is 0 Å². The van der Waals surface area contributed by atoms with E-state index >= 15 is 0 Å². The van der Waals surface area contributed by atoms with Crippen LogP contribution < -0.4 is 47.4 Å². The number of amides is 3. The lowest BCUT2D eigenvalue weighted by molar-refractivity contribution is -0.141. The molecule has 0 radical (unpaired) electrons. The molecule has 24 nitrogen and oxygen atoms in total. The summed E-state index contributed by atoms with van der Waals surface area (Å²) in [5.41, 5.74) is 16.6. The Balaban J connectivity index is 0.000000170. The Kier molecular flexibility index (Phi) is 21.8. The molecule has 0 aliphatic carbocycles. The molecule has 36 heteroatoms. The summed E-state index contributed by atoms with van der Waals surface area (Å²) in [7, 11) is 0. The zero-order valence-corrected chi connectivity index (χ0v) is 49.5. The molecule has 3 unspecified atom stereocenters. The predicted octanol–water partition coefficient (Wildman–Crippen LogP) is 8.13. The first-order chi connectivity index (χ1) is 41.5. The molecule has 0 spiro atoms. The highest BCUT2D eigenvalue weighted by atomic mass is 32.1. The Labute approximate surface area is 511 Å². The van der Waals surface area contributed by atoms with Crippen molar-refractivity contribution in [2.45, 2.75) is 37.9 Å². The molecule has 1 aliphatic heterocycles. The summed E-state index contributed by atoms with van der Waals surface area (Å²) in [5.74, 6) is -7.61. The quantitative estimate of drug-likeness (QED) is 0.0322. The van der Waals surface area contributed by atoms with E-state index in [0.29, 0.717) is 17.4 Å². The number of ether oxygens (including phenoxy) is 5. The number of benzene rings is 3. The zero-order chi connectivity index (χ0) is 62.7. The molecule has 7 heterocycles. The molecule has 3 aromatic carbocycles. The summed E-state index contributed by atoms with van der Waals surface area (Å²) in [6.45, 7) is 2.86. The minimum Gasteiger partial charge on any atom is -0.479 e. The van der Waals surface area contributed by atoms with Gasteiger partial charge >= 0.3 is 0 Å². The maximum absolute atomic E-state index is 14.0. The van der Waals surface area contributed by atoms with E-state index in [9.17, 15) is 50.9 Å². The number of carbonyl (C=O) groups excluding carboxylic acids is 3. The van der Waals surface area contributed by atoms with E-state index in [1.807, 2.05) is 13.8 Å². The van der Waals surface area contributed by atoms with Crippen molar-refractivity contribution in [2.75, 3.05) is 72.8 Å². The highest BCUT2D eigenvalue weighted by Crippen LogP contribution is 2.39. The lowest BCUT2D eigenvalue weighted by Gasteiger charge is -2.17. The highest BCUT2D eigenvalue weighted by molar-refractivity contribution is 7.20. The van der Waals surface area contributed by atoms with Crippen LogP contribution in [-0.2, 0) is 9.47 Å². The number of nitrogens with two attached hydrogens (primary N) is 3. The molecular weight excluding hydrogens is 1280 g/mol. The van der Waals surface area contributed by atoms with E-state index in [0.717, 1.165) is 105 Å². The third-order valence-corrected chi connectivity index (χ3v) is 16.0. The van der Waals surface area contributed by atoms with Gasteiger partial charge in [-0.15, -0.1) is 0 Å². The second-order valence-corrected chi connectivity index (χ2v) is 23.4. The molecule has 13 N–H and O–H groups in total. The van der Waals surface area contributed by atoms with E-state index in [1.54, 1.807) is 0 Å². The number of hydrogen-bond donors (Lipinski definition) is 10. The van der Waals surface area contributed by atoms with Gasteiger partial charge in [0.15, 0.2) is 22.9 Å². The zero-order valence-electron chi connectivity index (χ0n) is 44.6. The number of carbonyl (C=O) groups is 3. The fourth-order valence-corrected chi connectivity index (χ4v) is 11.5. The van der Waals surface area contributed by atoms with Gasteiger partial charge in [-0.05, 0) is 50.2 Å². The molecule has 9 aromatic rings. The molecule has 6 aromatic heterocycles. The monoisotopic (exact) mass is 1320 g/mol. The minimum absolute atomic E-state index is 0.0171. The molecule has 0 bridgehead atoms. The topological polar surface area (TPSA) is 370 Å². The van der Waals surface area contributed by atoms with Gasteiger partial charge in [-0.3, -0.25) is 14.4 Å². The number of halogens is 6. The van der Waals surface area contributed by atoms with Crippen molar-refractivity contribution in [2.24, 2.45) is 0 Å². The van der Waals surface area contributed by atoms with Crippen molar-refractivity contribution in [3.05, 3.63) is 125 Å². The molecule has 0 saturated carbocycles. The van der Waals surface area contributed by atoms with Gasteiger partial charge in [0.2, 0.25) is 15.2 Å². The molecule has 460 valence electrons. The van der Waals surface area contributed by atoms with Crippen LogP contribution in [-0.4, -0.2) is 130 Å². The van der Waals surface area contributed by atoms with Gasteiger partial charge in [-0.1, -0.05) is 52.2 Å². The number of thiazole rings is 3. The third-order valence-electron chi connectivity index (χ3n) is 11.2. The van der Waals surface area contributed by atoms with Crippen molar-refractivity contribution >= 4 is 118 Å². The van der Waals surface area contributed by atoms with Crippen molar-refractivity contribution in [3.8, 4) is 46.9 Å². The van der Waals surface area contributed by atoms with Crippen LogP contribution in [0.1, 0.15) is 45.3 Å². The van der Waals surface area contributed by atoms with Crippen LogP contribution in [0.5, 0.6) is 15.2 Å². The van der Waals surface area contributed by atoms with Gasteiger partial charge in [-0.2, -0.15) is 13.1 Å². The fraction of sp³-hybridized carbons (Fsp3) is 0.235. The van der Waals surface area contributed by atoms with E-state index in [4.69, 9.17) is 51.1 Å². The molecule has 10 rings (SSSR count). The lowest BCUT2D eigenvalue weighted by atomic mass is 10.2. The maximum atomic E-state index is 14.0. The van der Waals surface area contributed by atoms with Gasteiger partial charge in [0, 0.05) is 34.6 Å². The third kappa shape index (κ3) is 16.3. The molecule has 1 fully saturated rings. The number of rotatable bonds is 20. The number of aliphatic hydroxyl groups is 4. The van der Waals surface area contributed by atoms with Crippen LogP contribution in [0.15, 0.2) is 73.2 Å². The molecule has 87 heavy (non-hydrogen) atoms. The SMILES string of the molecule is CC1(C)OCC(COc2sncc2NC(=O)c2nc(-c3c(F)cccc3F)sc2N)O1.Nc1sc(-c2c(F)cccc2F)nc1C(=O)Nc1cnsc1OCC(O)CO.Nc1sc(-c2c(F)cccc2F)nc1C(=O)Nc1cnsc1OCC(O)CO. The summed E-state index contributed by atoms with van der Waals surface area (Å²) in [6.07, 6.45) is 1.64. The first-order valence-corrected chi connectivity index (χ1v) is 29.5. The number of nitrogens with one attached hydrogen (secondary N) is 3. The van der Waals surface area contributed by atoms with Crippen LogP contribution in [0, 0.1) is 34.9 Å². The molecule has 1 aliphatic rings. The van der Waals surface area contributed by atoms with E-state index < -0.39 is 83.8 Å². The Bertz CT molecular complexity index is 3670. The van der Waals surface area contributed by atoms with Crippen molar-refractivity contribution in [1.82, 2.24) is 28.1 Å². The Morgan fingerprint density at radius 1 is 0.575 bits per heavy atom. The maximum Gasteiger partial charge on any atom is 0.277 e. The van der Waals surface area contributed by atoms with E-state index in [1.165, 1.54) is 36.8 Å². The summed E-state index contributed by atoms with van der Waals surface area (Å²) >= 11 is 5.27. The summed E-state index contributed by atoms with van der Waals surface area (Å²) < 4.78 is 123. The van der Waals surface area contributed by atoms with Gasteiger partial charge < -0.3 is 77.3 Å². The van der Waals surface area contributed by atoms with Crippen LogP contribution in [0.3, 0.4) is 0 Å². The number of nitrogen functional groups attached to an aromatic ring is 3. The minimum atomic E-state index is -1.09. The normalized spacial score (nSPS) is 14.0. The van der Waals surface area contributed by atoms with Crippen molar-refractivity contribution < 1.29 is 84.8 Å². The average Bonchev–Trinajstić information content (AvgIpc) is 2.11. The molecular formula is C51H46F6N12O12S6. The largest absolute Gasteiger partial charge is 0.479 e. The molecule has 3 amide bonds.